The number of anilines is 1. The highest BCUT2D eigenvalue weighted by Crippen LogP contribution is 2.51. The molecule has 0 aliphatic rings. The molecular formula is C15H17FNO4P. The first-order valence-electron chi connectivity index (χ1n) is 6.70. The number of halogens is 1. The third-order valence-electron chi connectivity index (χ3n) is 2.99. The molecule has 0 amide bonds. The van der Waals surface area contributed by atoms with Crippen LogP contribution in [0.2, 0.25) is 0 Å². The van der Waals surface area contributed by atoms with Crippen LogP contribution in [0, 0.1) is 5.82 Å². The van der Waals surface area contributed by atoms with Crippen molar-refractivity contribution in [2.45, 2.75) is 12.7 Å². The molecule has 0 radical (unpaired) electrons. The molecule has 0 unspecified atom stereocenters. The quantitative estimate of drug-likeness (QED) is 0.708. The van der Waals surface area contributed by atoms with Gasteiger partial charge in [0.05, 0.1) is 6.61 Å². The lowest BCUT2D eigenvalue weighted by Gasteiger charge is -2.21. The van der Waals surface area contributed by atoms with Crippen LogP contribution in [0.4, 0.5) is 10.1 Å². The van der Waals surface area contributed by atoms with Gasteiger partial charge in [-0.25, -0.2) is 4.39 Å². The van der Waals surface area contributed by atoms with Gasteiger partial charge in [-0.3, -0.25) is 4.57 Å². The summed E-state index contributed by atoms with van der Waals surface area (Å²) in [6.45, 7) is 2.40. The fourth-order valence-electron chi connectivity index (χ4n) is 1.98. The summed E-state index contributed by atoms with van der Waals surface area (Å²) < 4.78 is 30.0. The van der Waals surface area contributed by atoms with Gasteiger partial charge in [0.25, 0.3) is 0 Å². The van der Waals surface area contributed by atoms with Gasteiger partial charge in [-0.2, -0.15) is 0 Å². The highest BCUT2D eigenvalue weighted by Gasteiger charge is 2.30. The van der Waals surface area contributed by atoms with Gasteiger partial charge in [0.2, 0.25) is 0 Å². The molecule has 3 N–H and O–H groups in total. The molecule has 0 heterocycles. The summed E-state index contributed by atoms with van der Waals surface area (Å²) >= 11 is 0. The summed E-state index contributed by atoms with van der Waals surface area (Å²) in [5.41, 5.74) is 0.838. The van der Waals surface area contributed by atoms with E-state index in [1.807, 2.05) is 6.92 Å². The molecule has 0 spiro atoms. The van der Waals surface area contributed by atoms with Crippen LogP contribution < -0.4 is 10.1 Å². The number of benzene rings is 2. The largest absolute Gasteiger partial charge is 0.494 e. The predicted octanol–water partition coefficient (Wildman–Crippen LogP) is 3.51. The average Bonchev–Trinajstić information content (AvgIpc) is 2.47. The topological polar surface area (TPSA) is 78.8 Å². The fraction of sp³-hybridized carbons (Fsp3) is 0.200. The zero-order valence-corrected chi connectivity index (χ0v) is 12.8. The molecule has 0 fully saturated rings. The number of nitrogens with one attached hydrogen (secondary N) is 1. The summed E-state index contributed by atoms with van der Waals surface area (Å²) in [6.07, 6.45) is 0. The molecule has 0 aliphatic heterocycles. The van der Waals surface area contributed by atoms with E-state index in [0.29, 0.717) is 23.6 Å². The van der Waals surface area contributed by atoms with Crippen molar-refractivity contribution in [2.75, 3.05) is 11.9 Å². The predicted molar refractivity (Wildman–Crippen MR) is 82.4 cm³/mol. The van der Waals surface area contributed by atoms with Crippen molar-refractivity contribution >= 4 is 13.3 Å². The van der Waals surface area contributed by atoms with Gasteiger partial charge < -0.3 is 19.8 Å². The van der Waals surface area contributed by atoms with Gasteiger partial charge in [0, 0.05) is 5.69 Å². The Hall–Kier alpha value is -1.88. The van der Waals surface area contributed by atoms with E-state index >= 15 is 0 Å². The van der Waals surface area contributed by atoms with Crippen molar-refractivity contribution in [3.8, 4) is 5.75 Å². The van der Waals surface area contributed by atoms with E-state index in [9.17, 15) is 18.7 Å². The molecule has 0 saturated heterocycles. The lowest BCUT2D eigenvalue weighted by molar-refractivity contribution is 0.340. The highest BCUT2D eigenvalue weighted by atomic mass is 31.2. The molecule has 0 aromatic heterocycles. The summed E-state index contributed by atoms with van der Waals surface area (Å²) in [7, 11) is -4.47. The van der Waals surface area contributed by atoms with Crippen LogP contribution in [0.15, 0.2) is 48.5 Å². The van der Waals surface area contributed by atoms with E-state index in [0.717, 1.165) is 12.1 Å². The first-order chi connectivity index (χ1) is 10.4. The summed E-state index contributed by atoms with van der Waals surface area (Å²) in [5.74, 6) is -1.04. The van der Waals surface area contributed by atoms with Gasteiger partial charge in [-0.1, -0.05) is 12.1 Å². The van der Waals surface area contributed by atoms with Crippen molar-refractivity contribution in [2.24, 2.45) is 0 Å². The number of hydrogen-bond donors (Lipinski definition) is 3. The van der Waals surface area contributed by atoms with E-state index in [1.54, 1.807) is 24.3 Å². The SMILES string of the molecule is CCOc1ccc(N[C@@H](c2ccc(F)cc2)P(=O)(O)O)cc1. The van der Waals surface area contributed by atoms with Crippen LogP contribution in [-0.2, 0) is 4.57 Å². The lowest BCUT2D eigenvalue weighted by atomic mass is 10.2. The van der Waals surface area contributed by atoms with Crippen LogP contribution in [0.5, 0.6) is 5.75 Å². The zero-order valence-electron chi connectivity index (χ0n) is 11.9. The maximum Gasteiger partial charge on any atom is 0.352 e. The fourth-order valence-corrected chi connectivity index (χ4v) is 2.86. The highest BCUT2D eigenvalue weighted by molar-refractivity contribution is 7.52. The summed E-state index contributed by atoms with van der Waals surface area (Å²) in [6, 6.07) is 11.8. The Bertz CT molecular complexity index is 654. The van der Waals surface area contributed by atoms with Crippen molar-refractivity contribution in [1.82, 2.24) is 0 Å². The molecule has 118 valence electrons. The molecule has 7 heteroatoms. The van der Waals surface area contributed by atoms with E-state index < -0.39 is 19.2 Å². The third-order valence-corrected chi connectivity index (χ3v) is 4.09. The Morgan fingerprint density at radius 2 is 1.73 bits per heavy atom. The van der Waals surface area contributed by atoms with Gasteiger partial charge in [-0.05, 0) is 48.9 Å². The van der Waals surface area contributed by atoms with Crippen LogP contribution in [-0.4, -0.2) is 16.4 Å². The minimum atomic E-state index is -4.47. The second-order valence-corrected chi connectivity index (χ2v) is 6.34. The molecule has 1 atom stereocenters. The van der Waals surface area contributed by atoms with E-state index in [2.05, 4.69) is 5.32 Å². The lowest BCUT2D eigenvalue weighted by Crippen LogP contribution is -2.11. The second-order valence-electron chi connectivity index (χ2n) is 4.64. The first kappa shape index (κ1) is 16.5. The number of hydrogen-bond acceptors (Lipinski definition) is 3. The monoisotopic (exact) mass is 325 g/mol. The molecule has 0 aliphatic carbocycles. The maximum absolute atomic E-state index is 13.0. The van der Waals surface area contributed by atoms with Crippen molar-refractivity contribution in [3.05, 3.63) is 59.9 Å². The van der Waals surface area contributed by atoms with Crippen molar-refractivity contribution in [1.29, 1.82) is 0 Å². The second kappa shape index (κ2) is 6.92. The molecule has 5 nitrogen and oxygen atoms in total. The van der Waals surface area contributed by atoms with Crippen LogP contribution in [0.1, 0.15) is 18.3 Å². The van der Waals surface area contributed by atoms with E-state index in [1.165, 1.54) is 12.1 Å². The Labute approximate surface area is 127 Å². The van der Waals surface area contributed by atoms with Crippen LogP contribution >= 0.6 is 7.60 Å². The maximum atomic E-state index is 13.0. The van der Waals surface area contributed by atoms with Crippen molar-refractivity contribution in [3.63, 3.8) is 0 Å². The minimum Gasteiger partial charge on any atom is -0.494 e. The molecule has 2 aromatic rings. The van der Waals surface area contributed by atoms with Gasteiger partial charge in [0.15, 0.2) is 5.78 Å². The molecule has 0 bridgehead atoms. The average molecular weight is 325 g/mol. The van der Waals surface area contributed by atoms with E-state index in [4.69, 9.17) is 4.74 Å². The summed E-state index contributed by atoms with van der Waals surface area (Å²) in [4.78, 5) is 19.1. The van der Waals surface area contributed by atoms with Crippen molar-refractivity contribution < 1.29 is 23.5 Å². The molecule has 0 saturated carbocycles. The normalized spacial score (nSPS) is 12.7. The number of rotatable bonds is 6. The minimum absolute atomic E-state index is 0.309. The Balaban J connectivity index is 2.24. The van der Waals surface area contributed by atoms with Crippen LogP contribution in [0.3, 0.4) is 0 Å². The number of ether oxygens (including phenoxy) is 1. The Morgan fingerprint density at radius 1 is 1.14 bits per heavy atom. The van der Waals surface area contributed by atoms with Gasteiger partial charge in [0.1, 0.15) is 11.6 Å². The summed E-state index contributed by atoms with van der Waals surface area (Å²) in [5, 5.41) is 2.78. The van der Waals surface area contributed by atoms with Gasteiger partial charge in [-0.15, -0.1) is 0 Å². The third kappa shape index (κ3) is 4.31. The van der Waals surface area contributed by atoms with E-state index in [-0.39, 0.29) is 0 Å². The molecular weight excluding hydrogens is 308 g/mol. The zero-order chi connectivity index (χ0) is 16.2. The first-order valence-corrected chi connectivity index (χ1v) is 8.38. The smallest absolute Gasteiger partial charge is 0.352 e. The van der Waals surface area contributed by atoms with Gasteiger partial charge >= 0.3 is 7.60 Å². The molecule has 22 heavy (non-hydrogen) atoms. The standard InChI is InChI=1S/C15H17FNO4P/c1-2-21-14-9-7-13(8-10-14)17-15(22(18,19)20)11-3-5-12(16)6-4-11/h3-10,15,17H,2H2,1H3,(H2,18,19,20)/t15-/m1/s1. The Kier molecular flexibility index (Phi) is 5.19. The molecule has 2 aromatic carbocycles. The molecule has 2 rings (SSSR count). The Morgan fingerprint density at radius 3 is 2.23 bits per heavy atom. The van der Waals surface area contributed by atoms with Crippen LogP contribution in [0.25, 0.3) is 0 Å².